The van der Waals surface area contributed by atoms with E-state index < -0.39 is 0 Å². The summed E-state index contributed by atoms with van der Waals surface area (Å²) in [4.78, 5) is 25.2. The molecule has 5 rings (SSSR count). The van der Waals surface area contributed by atoms with E-state index in [1.54, 1.807) is 0 Å². The van der Waals surface area contributed by atoms with Crippen LogP contribution in [0, 0.1) is 13.8 Å². The van der Waals surface area contributed by atoms with Crippen molar-refractivity contribution in [1.29, 1.82) is 0 Å². The Morgan fingerprint density at radius 3 is 2.38 bits per heavy atom. The highest BCUT2D eigenvalue weighted by Gasteiger charge is 2.26. The monoisotopic (exact) mass is 455 g/mol. The Hall–Kier alpha value is -3.87. The van der Waals surface area contributed by atoms with Gasteiger partial charge in [-0.3, -0.25) is 9.36 Å². The summed E-state index contributed by atoms with van der Waals surface area (Å²) in [5, 5.41) is 3.96. The molecule has 1 aliphatic heterocycles. The molecule has 2 aromatic carbocycles. The number of anilines is 2. The summed E-state index contributed by atoms with van der Waals surface area (Å²) < 4.78 is 7.62. The largest absolute Gasteiger partial charge is 0.494 e. The van der Waals surface area contributed by atoms with Crippen molar-refractivity contribution in [1.82, 2.24) is 14.5 Å². The summed E-state index contributed by atoms with van der Waals surface area (Å²) >= 11 is 0. The number of aromatic nitrogens is 3. The number of carbonyl (C=O) groups excluding carboxylic acids is 1. The van der Waals surface area contributed by atoms with Crippen LogP contribution in [-0.2, 0) is 0 Å². The molecule has 1 saturated heterocycles. The zero-order valence-electron chi connectivity index (χ0n) is 19.8. The van der Waals surface area contributed by atoms with Gasteiger partial charge in [-0.05, 0) is 75.6 Å². The smallest absolute Gasteiger partial charge is 0.293 e. The second kappa shape index (κ2) is 9.17. The first-order valence-corrected chi connectivity index (χ1v) is 11.8. The zero-order valence-corrected chi connectivity index (χ0v) is 19.8. The lowest BCUT2D eigenvalue weighted by atomic mass is 10.2. The van der Waals surface area contributed by atoms with E-state index in [4.69, 9.17) is 14.7 Å². The Morgan fingerprint density at radius 1 is 1.00 bits per heavy atom. The molecule has 1 aliphatic rings. The predicted octanol–water partition coefficient (Wildman–Crippen LogP) is 5.29. The molecule has 0 atom stereocenters. The number of carbonyl (C=O) groups is 1. The van der Waals surface area contributed by atoms with Gasteiger partial charge in [-0.25, -0.2) is 9.97 Å². The van der Waals surface area contributed by atoms with Crippen molar-refractivity contribution in [2.45, 2.75) is 33.6 Å². The maximum atomic E-state index is 13.3. The summed E-state index contributed by atoms with van der Waals surface area (Å²) in [6.45, 7) is 8.61. The Kier molecular flexibility index (Phi) is 5.92. The summed E-state index contributed by atoms with van der Waals surface area (Å²) in [6.07, 6.45) is 2.24. The van der Waals surface area contributed by atoms with E-state index >= 15 is 0 Å². The van der Waals surface area contributed by atoms with E-state index in [1.807, 2.05) is 49.4 Å². The van der Waals surface area contributed by atoms with Crippen LogP contribution < -0.4 is 15.0 Å². The van der Waals surface area contributed by atoms with Gasteiger partial charge in [0.25, 0.3) is 5.91 Å². The normalized spacial score (nSPS) is 13.4. The van der Waals surface area contributed by atoms with Gasteiger partial charge >= 0.3 is 0 Å². The highest BCUT2D eigenvalue weighted by atomic mass is 16.5. The third-order valence-corrected chi connectivity index (χ3v) is 6.38. The van der Waals surface area contributed by atoms with Crippen LogP contribution in [0.3, 0.4) is 0 Å². The third-order valence-electron chi connectivity index (χ3n) is 6.38. The Labute approximate surface area is 199 Å². The first kappa shape index (κ1) is 21.9. The summed E-state index contributed by atoms with van der Waals surface area (Å²) in [5.74, 6) is 1.44. The fraction of sp³-hybridized carbons (Fsp3) is 0.296. The molecule has 0 radical (unpaired) electrons. The minimum Gasteiger partial charge on any atom is -0.494 e. The molecule has 4 aromatic rings. The van der Waals surface area contributed by atoms with Gasteiger partial charge in [0.1, 0.15) is 11.6 Å². The number of hydrogen-bond acceptors (Lipinski definition) is 5. The Balaban J connectivity index is 1.61. The molecule has 34 heavy (non-hydrogen) atoms. The van der Waals surface area contributed by atoms with Gasteiger partial charge in [0.15, 0.2) is 5.65 Å². The molecule has 0 unspecified atom stereocenters. The number of hydrogen-bond donors (Lipinski definition) is 1. The Morgan fingerprint density at radius 2 is 1.71 bits per heavy atom. The molecule has 2 aromatic heterocycles. The van der Waals surface area contributed by atoms with Gasteiger partial charge in [0, 0.05) is 30.2 Å². The van der Waals surface area contributed by atoms with Crippen LogP contribution in [0.2, 0.25) is 0 Å². The van der Waals surface area contributed by atoms with Gasteiger partial charge in [0.2, 0.25) is 5.82 Å². The van der Waals surface area contributed by atoms with Crippen molar-refractivity contribution in [3.63, 3.8) is 0 Å². The lowest BCUT2D eigenvalue weighted by Crippen LogP contribution is -2.23. The molecular weight excluding hydrogens is 426 g/mol. The number of benzene rings is 2. The van der Waals surface area contributed by atoms with Crippen LogP contribution in [0.15, 0.2) is 54.6 Å². The molecule has 7 nitrogen and oxygen atoms in total. The predicted molar refractivity (Wildman–Crippen MR) is 135 cm³/mol. The van der Waals surface area contributed by atoms with Crippen molar-refractivity contribution in [3.8, 4) is 11.4 Å². The van der Waals surface area contributed by atoms with Crippen molar-refractivity contribution in [3.05, 3.63) is 71.7 Å². The first-order chi connectivity index (χ1) is 16.6. The fourth-order valence-electron chi connectivity index (χ4n) is 4.58. The standard InChI is InChI=1S/C27H29N5O2/c1-4-34-22-14-12-20(13-15-22)28-27(33)24-29-25(31-16-8-9-17-31)23-18(2)19(3)32(26(23)30-24)21-10-6-5-7-11-21/h5-7,10-15H,4,8-9,16-17H2,1-3H3,(H,28,33). The number of rotatable bonds is 6. The van der Waals surface area contributed by atoms with E-state index in [0.29, 0.717) is 12.3 Å². The maximum Gasteiger partial charge on any atom is 0.293 e. The van der Waals surface area contributed by atoms with Crippen LogP contribution in [0.5, 0.6) is 5.75 Å². The number of nitrogens with zero attached hydrogens (tertiary/aromatic N) is 4. The average Bonchev–Trinajstić information content (AvgIpc) is 3.48. The molecule has 3 heterocycles. The van der Waals surface area contributed by atoms with E-state index in [-0.39, 0.29) is 11.7 Å². The van der Waals surface area contributed by atoms with Crippen LogP contribution in [-0.4, -0.2) is 40.1 Å². The highest BCUT2D eigenvalue weighted by molar-refractivity contribution is 6.04. The van der Waals surface area contributed by atoms with E-state index in [9.17, 15) is 4.79 Å². The molecule has 0 aliphatic carbocycles. The van der Waals surface area contributed by atoms with Crippen molar-refractivity contribution in [2.24, 2.45) is 0 Å². The minimum atomic E-state index is -0.331. The van der Waals surface area contributed by atoms with Gasteiger partial charge < -0.3 is 15.0 Å². The molecule has 0 bridgehead atoms. The number of nitrogens with one attached hydrogen (secondary N) is 1. The molecule has 0 spiro atoms. The van der Waals surface area contributed by atoms with Crippen molar-refractivity contribution < 1.29 is 9.53 Å². The number of fused-ring (bicyclic) bond motifs is 1. The SMILES string of the molecule is CCOc1ccc(NC(=O)c2nc(N3CCCC3)c3c(C)c(C)n(-c4ccccc4)c3n2)cc1. The first-order valence-electron chi connectivity index (χ1n) is 11.8. The van der Waals surface area contributed by atoms with Crippen molar-refractivity contribution >= 4 is 28.4 Å². The summed E-state index contributed by atoms with van der Waals surface area (Å²) in [7, 11) is 0. The lowest BCUT2D eigenvalue weighted by molar-refractivity contribution is 0.101. The van der Waals surface area contributed by atoms with Crippen molar-refractivity contribution in [2.75, 3.05) is 29.9 Å². The van der Waals surface area contributed by atoms with E-state index in [0.717, 1.165) is 65.5 Å². The van der Waals surface area contributed by atoms with E-state index in [1.165, 1.54) is 0 Å². The number of amides is 1. The fourth-order valence-corrected chi connectivity index (χ4v) is 4.58. The number of para-hydroxylation sites is 1. The number of aryl methyl sites for hydroxylation is 1. The van der Waals surface area contributed by atoms with Gasteiger partial charge in [0.05, 0.1) is 12.0 Å². The van der Waals surface area contributed by atoms with Crippen LogP contribution >= 0.6 is 0 Å². The molecule has 1 N–H and O–H groups in total. The van der Waals surface area contributed by atoms with Gasteiger partial charge in [-0.2, -0.15) is 0 Å². The Bertz CT molecular complexity index is 1320. The second-order valence-corrected chi connectivity index (χ2v) is 8.56. The quantitative estimate of drug-likeness (QED) is 0.428. The van der Waals surface area contributed by atoms with Crippen LogP contribution in [0.25, 0.3) is 16.7 Å². The third kappa shape index (κ3) is 3.98. The summed E-state index contributed by atoms with van der Waals surface area (Å²) in [5.41, 5.74) is 4.68. The lowest BCUT2D eigenvalue weighted by Gasteiger charge is -2.19. The summed E-state index contributed by atoms with van der Waals surface area (Å²) in [6, 6.07) is 17.5. The molecule has 0 saturated carbocycles. The maximum absolute atomic E-state index is 13.3. The van der Waals surface area contributed by atoms with Gasteiger partial charge in [-0.1, -0.05) is 18.2 Å². The topological polar surface area (TPSA) is 72.3 Å². The second-order valence-electron chi connectivity index (χ2n) is 8.56. The van der Waals surface area contributed by atoms with Crippen LogP contribution in [0.4, 0.5) is 11.5 Å². The highest BCUT2D eigenvalue weighted by Crippen LogP contribution is 2.35. The molecule has 174 valence electrons. The zero-order chi connectivity index (χ0) is 23.7. The van der Waals surface area contributed by atoms with E-state index in [2.05, 4.69) is 40.8 Å². The van der Waals surface area contributed by atoms with Crippen LogP contribution in [0.1, 0.15) is 41.6 Å². The molecule has 1 amide bonds. The molecule has 7 heteroatoms. The molecule has 1 fully saturated rings. The van der Waals surface area contributed by atoms with Gasteiger partial charge in [-0.15, -0.1) is 0 Å². The molecular formula is C27H29N5O2. The minimum absolute atomic E-state index is 0.165. The number of ether oxygens (including phenoxy) is 1. The average molecular weight is 456 g/mol.